The summed E-state index contributed by atoms with van der Waals surface area (Å²) in [6.45, 7) is 5.18. The quantitative estimate of drug-likeness (QED) is 0.360. The van der Waals surface area contributed by atoms with Crippen molar-refractivity contribution in [2.75, 3.05) is 6.61 Å². The Morgan fingerprint density at radius 1 is 1.25 bits per heavy atom. The number of ether oxygens (including phenoxy) is 1. The van der Waals surface area contributed by atoms with Gasteiger partial charge in [-0.2, -0.15) is 0 Å². The van der Waals surface area contributed by atoms with Crippen LogP contribution in [-0.2, 0) is 19.1 Å². The molecule has 0 aromatic rings. The van der Waals surface area contributed by atoms with E-state index < -0.39 is 36.0 Å². The maximum atomic E-state index is 13.3. The Balaban J connectivity index is 2.26. The van der Waals surface area contributed by atoms with Crippen molar-refractivity contribution < 1.29 is 24.2 Å². The fourth-order valence-electron chi connectivity index (χ4n) is 4.59. The summed E-state index contributed by atoms with van der Waals surface area (Å²) in [4.78, 5) is 50.4. The first-order chi connectivity index (χ1) is 13.4. The van der Waals surface area contributed by atoms with Gasteiger partial charge in [-0.05, 0) is 45.4 Å². The van der Waals surface area contributed by atoms with Gasteiger partial charge < -0.3 is 14.7 Å². The third-order valence-electron chi connectivity index (χ3n) is 5.92. The molecule has 9 nitrogen and oxygen atoms in total. The van der Waals surface area contributed by atoms with E-state index in [-0.39, 0.29) is 18.6 Å². The third-order valence-corrected chi connectivity index (χ3v) is 5.92. The van der Waals surface area contributed by atoms with E-state index in [1.807, 2.05) is 6.92 Å². The number of nitroso groups, excluding NO2 is 1. The van der Waals surface area contributed by atoms with Crippen LogP contribution in [0.25, 0.3) is 0 Å². The molecule has 0 unspecified atom stereocenters. The number of fused-ring (bicyclic) bond motifs is 1. The number of carboxylic acids is 1. The molecule has 0 aromatic carbocycles. The van der Waals surface area contributed by atoms with Gasteiger partial charge in [0, 0.05) is 6.04 Å². The van der Waals surface area contributed by atoms with Gasteiger partial charge in [0.05, 0.1) is 11.9 Å². The van der Waals surface area contributed by atoms with Gasteiger partial charge in [0.25, 0.3) is 0 Å². The maximum Gasteiger partial charge on any atom is 0.330 e. The van der Waals surface area contributed by atoms with E-state index in [9.17, 15) is 24.4 Å². The van der Waals surface area contributed by atoms with Gasteiger partial charge in [0.1, 0.15) is 18.1 Å². The fraction of sp³-hybridized carbons (Fsp3) is 0.842. The van der Waals surface area contributed by atoms with Crippen molar-refractivity contribution >= 4 is 17.8 Å². The number of esters is 1. The summed E-state index contributed by atoms with van der Waals surface area (Å²) in [5.41, 5.74) is 0. The number of carbonyl (C=O) groups is 3. The van der Waals surface area contributed by atoms with Crippen LogP contribution in [0.5, 0.6) is 0 Å². The van der Waals surface area contributed by atoms with Crippen LogP contribution < -0.4 is 0 Å². The highest BCUT2D eigenvalue weighted by atomic mass is 16.5. The predicted molar refractivity (Wildman–Crippen MR) is 101 cm³/mol. The molecule has 0 radical (unpaired) electrons. The fourth-order valence-corrected chi connectivity index (χ4v) is 4.59. The minimum atomic E-state index is -1.04. The smallest absolute Gasteiger partial charge is 0.330 e. The first-order valence-electron chi connectivity index (χ1n) is 10.2. The number of hydrogen-bond donors (Lipinski definition) is 1. The lowest BCUT2D eigenvalue weighted by Crippen LogP contribution is -2.55. The highest BCUT2D eigenvalue weighted by Crippen LogP contribution is 2.40. The van der Waals surface area contributed by atoms with Crippen molar-refractivity contribution in [2.24, 2.45) is 11.2 Å². The van der Waals surface area contributed by atoms with Crippen molar-refractivity contribution in [1.29, 1.82) is 0 Å². The molecule has 2 aliphatic rings. The normalized spacial score (nSPS) is 26.1. The number of carbonyl (C=O) groups excluding carboxylic acids is 2. The molecule has 158 valence electrons. The number of hydrogen-bond acceptors (Lipinski definition) is 6. The third kappa shape index (κ3) is 4.44. The summed E-state index contributed by atoms with van der Waals surface area (Å²) < 4.78 is 5.04. The van der Waals surface area contributed by atoms with E-state index in [4.69, 9.17) is 4.74 Å². The summed E-state index contributed by atoms with van der Waals surface area (Å²) in [5, 5.41) is 13.5. The Morgan fingerprint density at radius 2 is 1.93 bits per heavy atom. The van der Waals surface area contributed by atoms with Crippen LogP contribution in [0.15, 0.2) is 5.29 Å². The molecule has 1 heterocycles. The lowest BCUT2D eigenvalue weighted by atomic mass is 9.84. The monoisotopic (exact) mass is 397 g/mol. The SMILES string of the molecule is CCC[C@@H](C(=O)OCC)N(N=O)[C@@H](C)C(=O)N1[C@H](C(=O)O)C[C@@H]2CCCC[C@@H]21. The Hall–Kier alpha value is -2.19. The molecule has 0 aromatic heterocycles. The second-order valence-electron chi connectivity index (χ2n) is 7.64. The zero-order chi connectivity index (χ0) is 20.8. The van der Waals surface area contributed by atoms with Crippen molar-refractivity contribution in [2.45, 2.75) is 89.9 Å². The second-order valence-corrected chi connectivity index (χ2v) is 7.64. The summed E-state index contributed by atoms with van der Waals surface area (Å²) in [6.07, 6.45) is 5.00. The molecule has 1 saturated carbocycles. The number of carboxylic acid groups (broad SMARTS) is 1. The van der Waals surface area contributed by atoms with Gasteiger partial charge in [0.2, 0.25) is 5.91 Å². The van der Waals surface area contributed by atoms with Crippen LogP contribution in [-0.4, -0.2) is 63.6 Å². The minimum Gasteiger partial charge on any atom is -0.480 e. The Kier molecular flexibility index (Phi) is 7.77. The Morgan fingerprint density at radius 3 is 2.50 bits per heavy atom. The van der Waals surface area contributed by atoms with Crippen LogP contribution >= 0.6 is 0 Å². The van der Waals surface area contributed by atoms with Crippen molar-refractivity contribution in [1.82, 2.24) is 9.91 Å². The topological polar surface area (TPSA) is 117 Å². The van der Waals surface area contributed by atoms with Crippen molar-refractivity contribution in [3.05, 3.63) is 4.91 Å². The summed E-state index contributed by atoms with van der Waals surface area (Å²) >= 11 is 0. The Labute approximate surface area is 165 Å². The molecule has 28 heavy (non-hydrogen) atoms. The molecular formula is C19H31N3O6. The molecule has 1 N–H and O–H groups in total. The molecule has 1 aliphatic heterocycles. The lowest BCUT2D eigenvalue weighted by molar-refractivity contribution is -0.157. The molecule has 9 heteroatoms. The molecule has 5 atom stereocenters. The van der Waals surface area contributed by atoms with E-state index in [2.05, 4.69) is 5.29 Å². The molecule has 1 saturated heterocycles. The number of aliphatic carboxylic acids is 1. The van der Waals surface area contributed by atoms with E-state index in [1.54, 1.807) is 6.92 Å². The maximum absolute atomic E-state index is 13.3. The molecule has 1 aliphatic carbocycles. The first kappa shape index (κ1) is 22.1. The number of likely N-dealkylation sites (tertiary alicyclic amines) is 1. The highest BCUT2D eigenvalue weighted by molar-refractivity contribution is 5.88. The first-order valence-corrected chi connectivity index (χ1v) is 10.2. The molecule has 2 rings (SSSR count). The average molecular weight is 397 g/mol. The van der Waals surface area contributed by atoms with Crippen LogP contribution in [0.3, 0.4) is 0 Å². The summed E-state index contributed by atoms with van der Waals surface area (Å²) in [6, 6.07) is -3.04. The van der Waals surface area contributed by atoms with Gasteiger partial charge >= 0.3 is 11.9 Å². The number of amides is 1. The molecular weight excluding hydrogens is 366 g/mol. The highest BCUT2D eigenvalue weighted by Gasteiger charge is 2.49. The molecule has 2 fully saturated rings. The predicted octanol–water partition coefficient (Wildman–Crippen LogP) is 2.33. The van der Waals surface area contributed by atoms with E-state index in [1.165, 1.54) is 11.8 Å². The van der Waals surface area contributed by atoms with Gasteiger partial charge in [-0.25, -0.2) is 14.6 Å². The van der Waals surface area contributed by atoms with E-state index in [0.717, 1.165) is 30.7 Å². The summed E-state index contributed by atoms with van der Waals surface area (Å²) in [5.74, 6) is -1.93. The van der Waals surface area contributed by atoms with Crippen LogP contribution in [0.1, 0.15) is 65.7 Å². The van der Waals surface area contributed by atoms with Gasteiger partial charge in [-0.1, -0.05) is 26.2 Å². The summed E-state index contributed by atoms with van der Waals surface area (Å²) in [7, 11) is 0. The number of nitrogens with zero attached hydrogens (tertiary/aromatic N) is 3. The van der Waals surface area contributed by atoms with Gasteiger partial charge in [-0.15, -0.1) is 4.91 Å². The number of rotatable bonds is 9. The zero-order valence-electron chi connectivity index (χ0n) is 16.9. The Bertz CT molecular complexity index is 598. The molecule has 0 bridgehead atoms. The molecule has 1 amide bonds. The largest absolute Gasteiger partial charge is 0.480 e. The van der Waals surface area contributed by atoms with E-state index >= 15 is 0 Å². The lowest BCUT2D eigenvalue weighted by Gasteiger charge is -2.37. The van der Waals surface area contributed by atoms with E-state index in [0.29, 0.717) is 19.3 Å². The minimum absolute atomic E-state index is 0.134. The van der Waals surface area contributed by atoms with Gasteiger partial charge in [0.15, 0.2) is 0 Å². The van der Waals surface area contributed by atoms with Crippen LogP contribution in [0.4, 0.5) is 0 Å². The van der Waals surface area contributed by atoms with Crippen LogP contribution in [0, 0.1) is 10.8 Å². The average Bonchev–Trinajstić information content (AvgIpc) is 3.07. The standard InChI is InChI=1S/C19H31N3O6/c1-4-8-15(19(26)28-5-2)22(20-27)12(3)17(23)21-14-10-7-6-9-13(14)11-16(21)18(24)25/h12-16H,4-11H2,1-3H3,(H,24,25)/t12-,13-,14-,15-,16-/m0/s1. The van der Waals surface area contributed by atoms with Crippen molar-refractivity contribution in [3.8, 4) is 0 Å². The van der Waals surface area contributed by atoms with Crippen LogP contribution in [0.2, 0.25) is 0 Å². The zero-order valence-corrected chi connectivity index (χ0v) is 16.9. The van der Waals surface area contributed by atoms with Crippen molar-refractivity contribution in [3.63, 3.8) is 0 Å². The molecule has 0 spiro atoms. The van der Waals surface area contributed by atoms with Gasteiger partial charge in [-0.3, -0.25) is 4.79 Å². The second kappa shape index (κ2) is 9.84.